The van der Waals surface area contributed by atoms with E-state index in [4.69, 9.17) is 5.11 Å². The lowest BCUT2D eigenvalue weighted by atomic mass is 9.71. The molecule has 1 aliphatic carbocycles. The molecule has 1 aliphatic heterocycles. The highest BCUT2D eigenvalue weighted by Crippen LogP contribution is 2.41. The third-order valence-corrected chi connectivity index (χ3v) is 4.71. The summed E-state index contributed by atoms with van der Waals surface area (Å²) in [7, 11) is 0. The van der Waals surface area contributed by atoms with Crippen LogP contribution in [0.15, 0.2) is 29.3 Å². The molecule has 1 atom stereocenters. The molecule has 1 unspecified atom stereocenters. The first-order valence-electron chi connectivity index (χ1n) is 7.76. The lowest BCUT2D eigenvalue weighted by Gasteiger charge is -2.44. The number of carboxylic acid groups (broad SMARTS) is 1. The van der Waals surface area contributed by atoms with Crippen molar-refractivity contribution in [2.45, 2.75) is 38.6 Å². The van der Waals surface area contributed by atoms with Gasteiger partial charge >= 0.3 is 5.97 Å². The maximum Gasteiger partial charge on any atom is 0.323 e. The SMILES string of the molecule is O=C(O)Cn1cnc(N2CCCC3(CC=CCC3)C2)cc1=O. The molecule has 1 spiro atoms. The van der Waals surface area contributed by atoms with E-state index in [1.165, 1.54) is 25.2 Å². The molecular formula is C16H21N3O3. The van der Waals surface area contributed by atoms with Crippen LogP contribution in [-0.2, 0) is 11.3 Å². The third-order valence-electron chi connectivity index (χ3n) is 4.71. The van der Waals surface area contributed by atoms with Crippen LogP contribution in [0, 0.1) is 5.41 Å². The molecule has 0 amide bonds. The van der Waals surface area contributed by atoms with Gasteiger partial charge in [-0.15, -0.1) is 0 Å². The fourth-order valence-corrected chi connectivity index (χ4v) is 3.57. The molecule has 22 heavy (non-hydrogen) atoms. The molecular weight excluding hydrogens is 282 g/mol. The second kappa shape index (κ2) is 5.94. The smallest absolute Gasteiger partial charge is 0.323 e. The zero-order valence-electron chi connectivity index (χ0n) is 12.6. The number of allylic oxidation sites excluding steroid dienone is 2. The number of hydrogen-bond donors (Lipinski definition) is 1. The van der Waals surface area contributed by atoms with E-state index in [1.807, 2.05) is 0 Å². The van der Waals surface area contributed by atoms with Gasteiger partial charge in [-0.1, -0.05) is 12.2 Å². The Kier molecular flexibility index (Phi) is 4.00. The number of rotatable bonds is 3. The maximum absolute atomic E-state index is 12.0. The zero-order chi connectivity index (χ0) is 15.6. The minimum atomic E-state index is -1.04. The van der Waals surface area contributed by atoms with Crippen LogP contribution in [0.4, 0.5) is 5.82 Å². The van der Waals surface area contributed by atoms with Gasteiger partial charge < -0.3 is 10.0 Å². The summed E-state index contributed by atoms with van der Waals surface area (Å²) in [6, 6.07) is 1.46. The summed E-state index contributed by atoms with van der Waals surface area (Å²) in [5, 5.41) is 8.77. The molecule has 1 N–H and O–H groups in total. The van der Waals surface area contributed by atoms with Crippen molar-refractivity contribution in [2.24, 2.45) is 5.41 Å². The van der Waals surface area contributed by atoms with Gasteiger partial charge in [0.05, 0.1) is 0 Å². The van der Waals surface area contributed by atoms with E-state index in [9.17, 15) is 9.59 Å². The Bertz CT molecular complexity index is 652. The Balaban J connectivity index is 1.79. The summed E-state index contributed by atoms with van der Waals surface area (Å²) in [6.07, 6.45) is 11.6. The largest absolute Gasteiger partial charge is 0.480 e. The molecule has 2 aliphatic rings. The molecule has 118 valence electrons. The van der Waals surface area contributed by atoms with Crippen molar-refractivity contribution in [1.29, 1.82) is 0 Å². The van der Waals surface area contributed by atoms with Gasteiger partial charge in [-0.3, -0.25) is 14.2 Å². The van der Waals surface area contributed by atoms with Crippen molar-refractivity contribution in [2.75, 3.05) is 18.0 Å². The first-order valence-corrected chi connectivity index (χ1v) is 7.76. The summed E-state index contributed by atoms with van der Waals surface area (Å²) >= 11 is 0. The summed E-state index contributed by atoms with van der Waals surface area (Å²) < 4.78 is 1.12. The standard InChI is InChI=1S/C16H21N3O3/c20-14-9-13(17-12-19(14)10-15(21)22)18-8-4-7-16(11-18)5-2-1-3-6-16/h1-2,9,12H,3-8,10-11H2,(H,21,22). The lowest BCUT2D eigenvalue weighted by molar-refractivity contribution is -0.137. The van der Waals surface area contributed by atoms with Gasteiger partial charge in [0.1, 0.15) is 18.7 Å². The first-order chi connectivity index (χ1) is 10.6. The molecule has 0 saturated carbocycles. The van der Waals surface area contributed by atoms with E-state index < -0.39 is 5.97 Å². The lowest BCUT2D eigenvalue weighted by Crippen LogP contribution is -2.44. The number of anilines is 1. The Hall–Kier alpha value is -2.11. The van der Waals surface area contributed by atoms with Crippen LogP contribution in [0.25, 0.3) is 0 Å². The molecule has 0 bridgehead atoms. The normalized spacial score (nSPS) is 24.6. The number of piperidine rings is 1. The monoisotopic (exact) mass is 303 g/mol. The highest BCUT2D eigenvalue weighted by atomic mass is 16.4. The van der Waals surface area contributed by atoms with Gasteiger partial charge in [0.2, 0.25) is 0 Å². The maximum atomic E-state index is 12.0. The van der Waals surface area contributed by atoms with Crippen LogP contribution < -0.4 is 10.5 Å². The van der Waals surface area contributed by atoms with E-state index >= 15 is 0 Å². The van der Waals surface area contributed by atoms with Gasteiger partial charge in [-0.2, -0.15) is 0 Å². The Morgan fingerprint density at radius 1 is 1.36 bits per heavy atom. The average Bonchev–Trinajstić information content (AvgIpc) is 2.50. The second-order valence-corrected chi connectivity index (χ2v) is 6.35. The Labute approximate surface area is 129 Å². The number of aliphatic carboxylic acids is 1. The van der Waals surface area contributed by atoms with E-state index in [0.29, 0.717) is 11.2 Å². The predicted octanol–water partition coefficient (Wildman–Crippen LogP) is 1.65. The number of hydrogen-bond acceptors (Lipinski definition) is 4. The van der Waals surface area contributed by atoms with Crippen molar-refractivity contribution in [3.8, 4) is 0 Å². The van der Waals surface area contributed by atoms with Crippen LogP contribution >= 0.6 is 0 Å². The van der Waals surface area contributed by atoms with E-state index in [-0.39, 0.29) is 12.1 Å². The Morgan fingerprint density at radius 2 is 2.23 bits per heavy atom. The number of carbonyl (C=O) groups is 1. The van der Waals surface area contributed by atoms with Crippen molar-refractivity contribution < 1.29 is 9.90 Å². The van der Waals surface area contributed by atoms with Crippen molar-refractivity contribution in [3.05, 3.63) is 34.9 Å². The second-order valence-electron chi connectivity index (χ2n) is 6.35. The third kappa shape index (κ3) is 3.05. The van der Waals surface area contributed by atoms with Gasteiger partial charge in [-0.05, 0) is 37.5 Å². The zero-order valence-corrected chi connectivity index (χ0v) is 12.6. The van der Waals surface area contributed by atoms with Crippen molar-refractivity contribution >= 4 is 11.8 Å². The van der Waals surface area contributed by atoms with Crippen LogP contribution in [-0.4, -0.2) is 33.7 Å². The van der Waals surface area contributed by atoms with Gasteiger partial charge in [0, 0.05) is 19.2 Å². The minimum Gasteiger partial charge on any atom is -0.480 e. The van der Waals surface area contributed by atoms with Crippen LogP contribution in [0.1, 0.15) is 32.1 Å². The van der Waals surface area contributed by atoms with Crippen molar-refractivity contribution in [1.82, 2.24) is 9.55 Å². The first kappa shape index (κ1) is 14.8. The number of nitrogens with zero attached hydrogens (tertiary/aromatic N) is 3. The highest BCUT2D eigenvalue weighted by molar-refractivity contribution is 5.66. The molecule has 0 aromatic carbocycles. The van der Waals surface area contributed by atoms with Gasteiger partial charge in [0.15, 0.2) is 0 Å². The topological polar surface area (TPSA) is 75.4 Å². The molecule has 2 heterocycles. The molecule has 1 aromatic rings. The fraction of sp³-hybridized carbons (Fsp3) is 0.562. The fourth-order valence-electron chi connectivity index (χ4n) is 3.57. The molecule has 0 radical (unpaired) electrons. The van der Waals surface area contributed by atoms with E-state index in [0.717, 1.165) is 36.9 Å². The van der Waals surface area contributed by atoms with Crippen LogP contribution in [0.3, 0.4) is 0 Å². The van der Waals surface area contributed by atoms with E-state index in [2.05, 4.69) is 22.0 Å². The molecule has 1 fully saturated rings. The molecule has 3 rings (SSSR count). The van der Waals surface area contributed by atoms with Crippen molar-refractivity contribution in [3.63, 3.8) is 0 Å². The molecule has 1 saturated heterocycles. The quantitative estimate of drug-likeness (QED) is 0.859. The summed E-state index contributed by atoms with van der Waals surface area (Å²) in [6.45, 7) is 1.48. The van der Waals surface area contributed by atoms with Gasteiger partial charge in [-0.25, -0.2) is 4.98 Å². The van der Waals surface area contributed by atoms with Crippen LogP contribution in [0.2, 0.25) is 0 Å². The van der Waals surface area contributed by atoms with E-state index in [1.54, 1.807) is 0 Å². The highest BCUT2D eigenvalue weighted by Gasteiger charge is 2.35. The molecule has 6 nitrogen and oxygen atoms in total. The molecule has 1 aromatic heterocycles. The minimum absolute atomic E-state index is 0.310. The summed E-state index contributed by atoms with van der Waals surface area (Å²) in [5.41, 5.74) is 0.000462. The number of carboxylic acids is 1. The summed E-state index contributed by atoms with van der Waals surface area (Å²) in [5.74, 6) is -0.372. The molecule has 6 heteroatoms. The average molecular weight is 303 g/mol. The predicted molar refractivity (Wildman–Crippen MR) is 83.0 cm³/mol. The number of aromatic nitrogens is 2. The van der Waals surface area contributed by atoms with Gasteiger partial charge in [0.25, 0.3) is 5.56 Å². The summed E-state index contributed by atoms with van der Waals surface area (Å²) in [4.78, 5) is 29.2. The Morgan fingerprint density at radius 3 is 2.91 bits per heavy atom. The van der Waals surface area contributed by atoms with Crippen LogP contribution in [0.5, 0.6) is 0 Å².